The Bertz CT molecular complexity index is 984. The summed E-state index contributed by atoms with van der Waals surface area (Å²) in [6.07, 6.45) is -3.57. The van der Waals surface area contributed by atoms with Gasteiger partial charge in [-0.1, -0.05) is 6.07 Å². The van der Waals surface area contributed by atoms with E-state index in [-0.39, 0.29) is 30.2 Å². The second kappa shape index (κ2) is 7.61. The van der Waals surface area contributed by atoms with E-state index in [1.54, 1.807) is 6.07 Å². The van der Waals surface area contributed by atoms with Crippen molar-refractivity contribution < 1.29 is 36.2 Å². The fourth-order valence-electron chi connectivity index (χ4n) is 3.11. The van der Waals surface area contributed by atoms with E-state index < -0.39 is 33.6 Å². The second-order valence-electron chi connectivity index (χ2n) is 6.15. The van der Waals surface area contributed by atoms with Gasteiger partial charge in [-0.05, 0) is 36.4 Å². The van der Waals surface area contributed by atoms with Crippen LogP contribution in [0, 0.1) is 0 Å². The van der Waals surface area contributed by atoms with Crippen LogP contribution in [0.4, 0.5) is 13.2 Å². The Morgan fingerprint density at radius 1 is 1.21 bits per heavy atom. The van der Waals surface area contributed by atoms with Gasteiger partial charge in [0.05, 0.1) is 10.6 Å². The van der Waals surface area contributed by atoms with E-state index in [0.29, 0.717) is 0 Å². The first kappa shape index (κ1) is 21.0. The molecule has 2 heterocycles. The van der Waals surface area contributed by atoms with Crippen molar-refractivity contribution in [2.24, 2.45) is 0 Å². The number of pyridine rings is 1. The van der Waals surface area contributed by atoms with Gasteiger partial charge in [-0.25, -0.2) is 13.2 Å². The third-order valence-electron chi connectivity index (χ3n) is 4.39. The Balaban J connectivity index is 2.04. The molecule has 12 heteroatoms. The first-order chi connectivity index (χ1) is 13.6. The highest BCUT2D eigenvalue weighted by Crippen LogP contribution is 2.35. The van der Waals surface area contributed by atoms with Gasteiger partial charge in [0.25, 0.3) is 0 Å². The molecule has 29 heavy (non-hydrogen) atoms. The third-order valence-corrected chi connectivity index (χ3v) is 6.33. The topological polar surface area (TPSA) is 109 Å². The summed E-state index contributed by atoms with van der Waals surface area (Å²) in [6, 6.07) is 8.08. The number of carbonyl (C=O) groups is 1. The van der Waals surface area contributed by atoms with Crippen LogP contribution in [-0.4, -0.2) is 54.8 Å². The van der Waals surface area contributed by atoms with Gasteiger partial charge >= 0.3 is 12.3 Å². The van der Waals surface area contributed by atoms with Gasteiger partial charge in [-0.3, -0.25) is 4.98 Å². The number of aliphatic carboxylic acids is 1. The second-order valence-corrected chi connectivity index (χ2v) is 8.02. The summed E-state index contributed by atoms with van der Waals surface area (Å²) in [6.45, 7) is -0.212. The van der Waals surface area contributed by atoms with E-state index in [2.05, 4.69) is 15.0 Å². The van der Waals surface area contributed by atoms with Crippen LogP contribution in [0.1, 0.15) is 5.69 Å². The van der Waals surface area contributed by atoms with Crippen LogP contribution < -0.4 is 10.1 Å². The lowest BCUT2D eigenvalue weighted by molar-refractivity contribution is -0.274. The molecule has 0 aliphatic carbocycles. The normalized spacial score (nSPS) is 20.9. The largest absolute Gasteiger partial charge is 0.573 e. The number of benzene rings is 1. The highest BCUT2D eigenvalue weighted by Gasteiger charge is 2.54. The molecule has 1 unspecified atom stereocenters. The van der Waals surface area contributed by atoms with Gasteiger partial charge in [-0.15, -0.1) is 13.2 Å². The average Bonchev–Trinajstić information content (AvgIpc) is 2.67. The van der Waals surface area contributed by atoms with Gasteiger partial charge in [-0.2, -0.15) is 4.31 Å². The number of nitrogens with one attached hydrogen (secondary N) is 1. The number of rotatable bonds is 5. The number of sulfonamides is 1. The first-order valence-electron chi connectivity index (χ1n) is 8.32. The van der Waals surface area contributed by atoms with Crippen molar-refractivity contribution in [2.45, 2.75) is 16.8 Å². The zero-order valence-corrected chi connectivity index (χ0v) is 15.6. The van der Waals surface area contributed by atoms with Crippen molar-refractivity contribution in [3.05, 3.63) is 54.4 Å². The molecule has 3 rings (SSSR count). The maximum Gasteiger partial charge on any atom is 0.573 e. The van der Waals surface area contributed by atoms with Crippen molar-refractivity contribution in [1.82, 2.24) is 14.6 Å². The monoisotopic (exact) mass is 431 g/mol. The van der Waals surface area contributed by atoms with E-state index in [9.17, 15) is 31.5 Å². The SMILES string of the molecule is O=C(O)C1(c2ccccn2)CNCCN1S(=O)(=O)c1ccc(OC(F)(F)F)cc1. The number of carboxylic acid groups (broad SMARTS) is 1. The number of halogens is 3. The number of hydrogen-bond acceptors (Lipinski definition) is 6. The lowest BCUT2D eigenvalue weighted by Crippen LogP contribution is -2.64. The number of nitrogens with zero attached hydrogens (tertiary/aromatic N) is 2. The van der Waals surface area contributed by atoms with Crippen LogP contribution in [0.15, 0.2) is 53.6 Å². The van der Waals surface area contributed by atoms with Gasteiger partial charge in [0, 0.05) is 25.8 Å². The molecule has 1 fully saturated rings. The standard InChI is InChI=1S/C17H16F3N3O5S/c18-17(19,20)28-12-4-6-13(7-5-12)29(26,27)23-10-9-21-11-16(23,15(24)25)14-3-1-2-8-22-14/h1-8,21H,9-11H2,(H,24,25). The Morgan fingerprint density at radius 3 is 2.45 bits per heavy atom. The predicted molar refractivity (Wildman–Crippen MR) is 93.4 cm³/mol. The van der Waals surface area contributed by atoms with Crippen molar-refractivity contribution in [1.29, 1.82) is 0 Å². The Kier molecular flexibility index (Phi) is 5.52. The number of piperazine rings is 1. The summed E-state index contributed by atoms with van der Waals surface area (Å²) in [4.78, 5) is 15.9. The number of alkyl halides is 3. The van der Waals surface area contributed by atoms with Crippen LogP contribution >= 0.6 is 0 Å². The van der Waals surface area contributed by atoms with E-state index in [1.165, 1.54) is 18.3 Å². The summed E-state index contributed by atoms with van der Waals surface area (Å²) < 4.78 is 67.9. The minimum absolute atomic E-state index is 0.0142. The Morgan fingerprint density at radius 2 is 1.90 bits per heavy atom. The molecule has 1 aliphatic rings. The summed E-state index contributed by atoms with van der Waals surface area (Å²) in [5.74, 6) is -2.02. The smallest absolute Gasteiger partial charge is 0.480 e. The highest BCUT2D eigenvalue weighted by molar-refractivity contribution is 7.89. The van der Waals surface area contributed by atoms with Gasteiger partial charge in [0.2, 0.25) is 10.0 Å². The number of aromatic nitrogens is 1. The van der Waals surface area contributed by atoms with E-state index in [0.717, 1.165) is 28.6 Å². The minimum Gasteiger partial charge on any atom is -0.480 e. The molecule has 2 N–H and O–H groups in total. The number of ether oxygens (including phenoxy) is 1. The molecular formula is C17H16F3N3O5S. The molecule has 2 aromatic rings. The van der Waals surface area contributed by atoms with E-state index >= 15 is 0 Å². The highest BCUT2D eigenvalue weighted by atomic mass is 32.2. The molecule has 0 bridgehead atoms. The van der Waals surface area contributed by atoms with Crippen molar-refractivity contribution in [3.8, 4) is 5.75 Å². The molecule has 1 aromatic carbocycles. The summed E-state index contributed by atoms with van der Waals surface area (Å²) in [7, 11) is -4.39. The van der Waals surface area contributed by atoms with Crippen LogP contribution in [0.3, 0.4) is 0 Å². The Labute approximate surface area is 164 Å². The molecule has 0 radical (unpaired) electrons. The van der Waals surface area contributed by atoms with Gasteiger partial charge in [0.15, 0.2) is 5.54 Å². The van der Waals surface area contributed by atoms with Gasteiger partial charge < -0.3 is 15.2 Å². The number of carboxylic acids is 1. The summed E-state index contributed by atoms with van der Waals surface area (Å²) in [5.41, 5.74) is -2.00. The summed E-state index contributed by atoms with van der Waals surface area (Å²) in [5, 5.41) is 12.8. The van der Waals surface area contributed by atoms with Crippen molar-refractivity contribution in [2.75, 3.05) is 19.6 Å². The zero-order valence-electron chi connectivity index (χ0n) is 14.8. The molecule has 0 amide bonds. The molecule has 0 spiro atoms. The molecule has 1 atom stereocenters. The lowest BCUT2D eigenvalue weighted by atomic mass is 9.92. The fraction of sp³-hybridized carbons (Fsp3) is 0.294. The zero-order chi connectivity index (χ0) is 21.3. The predicted octanol–water partition coefficient (Wildman–Crippen LogP) is 1.55. The van der Waals surface area contributed by atoms with Crippen LogP contribution in [0.5, 0.6) is 5.75 Å². The molecule has 1 aliphatic heterocycles. The lowest BCUT2D eigenvalue weighted by Gasteiger charge is -2.42. The van der Waals surface area contributed by atoms with Crippen LogP contribution in [0.25, 0.3) is 0 Å². The molecular weight excluding hydrogens is 415 g/mol. The summed E-state index contributed by atoms with van der Waals surface area (Å²) >= 11 is 0. The number of hydrogen-bond donors (Lipinski definition) is 2. The molecule has 1 aromatic heterocycles. The first-order valence-corrected chi connectivity index (χ1v) is 9.76. The van der Waals surface area contributed by atoms with Crippen molar-refractivity contribution in [3.63, 3.8) is 0 Å². The van der Waals surface area contributed by atoms with E-state index in [1.807, 2.05) is 0 Å². The fourth-order valence-corrected chi connectivity index (χ4v) is 4.83. The van der Waals surface area contributed by atoms with Crippen LogP contribution in [0.2, 0.25) is 0 Å². The molecule has 156 valence electrons. The van der Waals surface area contributed by atoms with E-state index in [4.69, 9.17) is 0 Å². The Hall–Kier alpha value is -2.70. The third kappa shape index (κ3) is 4.04. The molecule has 0 saturated carbocycles. The average molecular weight is 431 g/mol. The molecule has 8 nitrogen and oxygen atoms in total. The maximum atomic E-state index is 13.2. The quantitative estimate of drug-likeness (QED) is 0.740. The van der Waals surface area contributed by atoms with Gasteiger partial charge in [0.1, 0.15) is 5.75 Å². The minimum atomic E-state index is -4.92. The van der Waals surface area contributed by atoms with Crippen molar-refractivity contribution >= 4 is 16.0 Å². The van der Waals surface area contributed by atoms with Crippen LogP contribution in [-0.2, 0) is 20.4 Å². The molecule has 1 saturated heterocycles. The maximum absolute atomic E-state index is 13.2.